The zero-order valence-corrected chi connectivity index (χ0v) is 14.8. The molecule has 0 bridgehead atoms. The van der Waals surface area contributed by atoms with Crippen molar-refractivity contribution in [2.75, 3.05) is 14.2 Å². The van der Waals surface area contributed by atoms with Crippen LogP contribution in [0.1, 0.15) is 39.5 Å². The molecule has 0 spiro atoms. The number of methoxy groups -OCH3 is 2. The van der Waals surface area contributed by atoms with Gasteiger partial charge in [-0.1, -0.05) is 6.07 Å². The maximum Gasteiger partial charge on any atom is 0.254 e. The quantitative estimate of drug-likeness (QED) is 0.818. The molecule has 1 aromatic rings. The maximum atomic E-state index is 11.8. The number of carbonyl (C=O) groups is 1. The van der Waals surface area contributed by atoms with E-state index in [1.807, 2.05) is 6.07 Å². The Morgan fingerprint density at radius 1 is 1.29 bits per heavy atom. The Balaban J connectivity index is 0.000000413. The molecular weight excluding hydrogens is 312 g/mol. The first kappa shape index (κ1) is 19.7. The highest BCUT2D eigenvalue weighted by Gasteiger charge is 2.42. The lowest BCUT2D eigenvalue weighted by Gasteiger charge is -2.19. The molecule has 0 radical (unpaired) electrons. The highest BCUT2D eigenvalue weighted by molar-refractivity contribution is 5.86. The summed E-state index contributed by atoms with van der Waals surface area (Å²) in [5.74, 6) is 1.09. The molecule has 7 nitrogen and oxygen atoms in total. The minimum absolute atomic E-state index is 0.152. The van der Waals surface area contributed by atoms with Crippen molar-refractivity contribution in [3.8, 4) is 17.6 Å². The number of hydrogen-bond donors (Lipinski definition) is 2. The fraction of sp³-hybridized carbons (Fsp3) is 0.529. The van der Waals surface area contributed by atoms with Gasteiger partial charge < -0.3 is 24.6 Å². The Morgan fingerprint density at radius 2 is 1.75 bits per heavy atom. The van der Waals surface area contributed by atoms with E-state index in [0.717, 1.165) is 0 Å². The summed E-state index contributed by atoms with van der Waals surface area (Å²) in [6.45, 7) is 6.33. The average molecular weight is 336 g/mol. The van der Waals surface area contributed by atoms with Crippen LogP contribution in [0.25, 0.3) is 0 Å². The van der Waals surface area contributed by atoms with E-state index in [-0.39, 0.29) is 5.91 Å². The Hall–Kier alpha value is -2.30. The molecule has 132 valence electrons. The van der Waals surface area contributed by atoms with E-state index in [0.29, 0.717) is 17.1 Å². The van der Waals surface area contributed by atoms with Gasteiger partial charge in [0, 0.05) is 0 Å². The summed E-state index contributed by atoms with van der Waals surface area (Å²) in [6.07, 6.45) is -0.557. The second-order valence-corrected chi connectivity index (χ2v) is 6.23. The molecule has 1 aliphatic heterocycles. The van der Waals surface area contributed by atoms with Crippen LogP contribution in [0.3, 0.4) is 0 Å². The first-order chi connectivity index (χ1) is 11.1. The van der Waals surface area contributed by atoms with Crippen molar-refractivity contribution in [3.05, 3.63) is 23.8 Å². The smallest absolute Gasteiger partial charge is 0.254 e. The van der Waals surface area contributed by atoms with Gasteiger partial charge in [-0.25, -0.2) is 0 Å². The molecule has 0 aliphatic carbocycles. The number of benzene rings is 1. The predicted molar refractivity (Wildman–Crippen MR) is 87.5 cm³/mol. The van der Waals surface area contributed by atoms with Crippen molar-refractivity contribution >= 4 is 5.91 Å². The number of aliphatic hydroxyl groups is 1. The summed E-state index contributed by atoms with van der Waals surface area (Å²) < 4.78 is 16.3. The molecule has 1 aliphatic rings. The highest BCUT2D eigenvalue weighted by atomic mass is 16.5. The molecule has 0 saturated carbocycles. The van der Waals surface area contributed by atoms with Crippen LogP contribution in [0.5, 0.6) is 11.5 Å². The van der Waals surface area contributed by atoms with Gasteiger partial charge in [-0.05, 0) is 39.8 Å². The van der Waals surface area contributed by atoms with Gasteiger partial charge in [-0.15, -0.1) is 0 Å². The van der Waals surface area contributed by atoms with Gasteiger partial charge in [-0.2, -0.15) is 5.26 Å². The van der Waals surface area contributed by atoms with Crippen molar-refractivity contribution in [2.24, 2.45) is 0 Å². The van der Waals surface area contributed by atoms with Crippen molar-refractivity contribution in [1.29, 1.82) is 5.26 Å². The molecule has 24 heavy (non-hydrogen) atoms. The molecule has 1 fully saturated rings. The number of amides is 1. The Kier molecular flexibility index (Phi) is 6.18. The molecule has 0 aromatic heterocycles. The normalized spacial score (nSPS) is 18.8. The van der Waals surface area contributed by atoms with E-state index in [4.69, 9.17) is 24.6 Å². The molecule has 1 atom stereocenters. The van der Waals surface area contributed by atoms with E-state index in [2.05, 4.69) is 5.32 Å². The lowest BCUT2D eigenvalue weighted by molar-refractivity contribution is -0.130. The van der Waals surface area contributed by atoms with Gasteiger partial charge in [0.25, 0.3) is 5.91 Å². The van der Waals surface area contributed by atoms with Crippen LogP contribution in [0.2, 0.25) is 0 Å². The second kappa shape index (κ2) is 7.51. The molecule has 2 N–H and O–H groups in total. The molecule has 1 heterocycles. The number of carbonyl (C=O) groups excluding carboxylic acids is 1. The van der Waals surface area contributed by atoms with Crippen LogP contribution in [0.15, 0.2) is 18.2 Å². The lowest BCUT2D eigenvalue weighted by atomic mass is 10.1. The van der Waals surface area contributed by atoms with Crippen LogP contribution in [-0.2, 0) is 9.53 Å². The second-order valence-electron chi connectivity index (χ2n) is 6.23. The zero-order valence-electron chi connectivity index (χ0n) is 14.8. The summed E-state index contributed by atoms with van der Waals surface area (Å²) in [4.78, 5) is 11.8. The SMILES string of the molecule is CC(C)(O)C#N.COc1cccc(OC)c1C1NC(=O)C(C)(C)O1. The Labute approximate surface area is 142 Å². The lowest BCUT2D eigenvalue weighted by Crippen LogP contribution is -2.32. The number of hydrogen-bond acceptors (Lipinski definition) is 6. The third-order valence-corrected chi connectivity index (χ3v) is 3.22. The first-order valence-electron chi connectivity index (χ1n) is 7.39. The number of rotatable bonds is 3. The third kappa shape index (κ3) is 4.85. The molecule has 7 heteroatoms. The summed E-state index contributed by atoms with van der Waals surface area (Å²) in [5.41, 5.74) is -1.31. The molecule has 1 amide bonds. The topological polar surface area (TPSA) is 101 Å². The van der Waals surface area contributed by atoms with Crippen molar-refractivity contribution in [2.45, 2.75) is 45.1 Å². The number of nitrogens with zero attached hydrogens (tertiary/aromatic N) is 1. The third-order valence-electron chi connectivity index (χ3n) is 3.22. The minimum Gasteiger partial charge on any atom is -0.496 e. The van der Waals surface area contributed by atoms with Crippen molar-refractivity contribution in [3.63, 3.8) is 0 Å². The van der Waals surface area contributed by atoms with Crippen LogP contribution in [0.4, 0.5) is 0 Å². The fourth-order valence-electron chi connectivity index (χ4n) is 1.94. The van der Waals surface area contributed by atoms with E-state index in [9.17, 15) is 4.79 Å². The molecule has 2 rings (SSSR count). The average Bonchev–Trinajstić information content (AvgIpc) is 2.79. The van der Waals surface area contributed by atoms with Crippen molar-refractivity contribution in [1.82, 2.24) is 5.32 Å². The van der Waals surface area contributed by atoms with E-state index in [1.54, 1.807) is 46.3 Å². The van der Waals surface area contributed by atoms with E-state index >= 15 is 0 Å². The Bertz CT molecular complexity index is 607. The van der Waals surface area contributed by atoms with E-state index in [1.165, 1.54) is 13.8 Å². The maximum absolute atomic E-state index is 11.8. The zero-order chi connectivity index (χ0) is 18.5. The summed E-state index contributed by atoms with van der Waals surface area (Å²) >= 11 is 0. The van der Waals surface area contributed by atoms with Crippen molar-refractivity contribution < 1.29 is 24.1 Å². The largest absolute Gasteiger partial charge is 0.496 e. The van der Waals surface area contributed by atoms with Crippen LogP contribution in [-0.4, -0.2) is 36.4 Å². The predicted octanol–water partition coefficient (Wildman–Crippen LogP) is 1.91. The monoisotopic (exact) mass is 336 g/mol. The minimum atomic E-state index is -1.15. The summed E-state index contributed by atoms with van der Waals surface area (Å²) in [6, 6.07) is 7.09. The molecule has 1 aromatic carbocycles. The van der Waals surface area contributed by atoms with Crippen LogP contribution in [0, 0.1) is 11.3 Å². The van der Waals surface area contributed by atoms with E-state index < -0.39 is 17.4 Å². The van der Waals surface area contributed by atoms with Crippen LogP contribution < -0.4 is 14.8 Å². The van der Waals surface area contributed by atoms with Gasteiger partial charge in [0.15, 0.2) is 6.23 Å². The van der Waals surface area contributed by atoms with Gasteiger partial charge in [0.1, 0.15) is 22.7 Å². The number of nitrogens with one attached hydrogen (secondary N) is 1. The number of nitriles is 1. The van der Waals surface area contributed by atoms with Crippen LogP contribution >= 0.6 is 0 Å². The fourth-order valence-corrected chi connectivity index (χ4v) is 1.94. The molecule has 1 saturated heterocycles. The number of ether oxygens (including phenoxy) is 3. The molecular formula is C17H24N2O5. The van der Waals surface area contributed by atoms with Gasteiger partial charge in [0.2, 0.25) is 0 Å². The van der Waals surface area contributed by atoms with Gasteiger partial charge in [0.05, 0.1) is 25.9 Å². The summed E-state index contributed by atoms with van der Waals surface area (Å²) in [5, 5.41) is 19.2. The molecule has 1 unspecified atom stereocenters. The Morgan fingerprint density at radius 3 is 2.04 bits per heavy atom. The van der Waals surface area contributed by atoms with Gasteiger partial charge >= 0.3 is 0 Å². The standard InChI is InChI=1S/C13H17NO4.C4H7NO/c1-13(2)12(15)14-11(18-13)10-8(16-3)6-5-7-9(10)17-4;1-4(2,6)3-5/h5-7,11H,1-4H3,(H,14,15);6H,1-2H3. The van der Waals surface area contributed by atoms with Gasteiger partial charge in [-0.3, -0.25) is 4.79 Å². The summed E-state index contributed by atoms with van der Waals surface area (Å²) in [7, 11) is 3.14. The first-order valence-corrected chi connectivity index (χ1v) is 7.39. The highest BCUT2D eigenvalue weighted by Crippen LogP contribution is 2.39.